The second-order valence-corrected chi connectivity index (χ2v) is 4.11. The highest BCUT2D eigenvalue weighted by Gasteiger charge is 2.15. The molecule has 0 radical (unpaired) electrons. The number of hydrogen-bond donors (Lipinski definition) is 2. The molecule has 0 aliphatic carbocycles. The number of carbonyl (C=O) groups excluding carboxylic acids is 1. The van der Waals surface area contributed by atoms with E-state index in [0.29, 0.717) is 25.9 Å². The van der Waals surface area contributed by atoms with E-state index in [9.17, 15) is 15.0 Å². The number of ether oxygens (including phenoxy) is 1. The van der Waals surface area contributed by atoms with Gasteiger partial charge in [-0.2, -0.15) is 0 Å². The molecule has 0 saturated carbocycles. The summed E-state index contributed by atoms with van der Waals surface area (Å²) in [6.45, 7) is 3.77. The fourth-order valence-electron chi connectivity index (χ4n) is 1.50. The number of aliphatic hydroxyl groups is 2. The molecule has 2 atom stereocenters. The molecule has 96 valence electrons. The Bertz CT molecular complexity index is 182. The first-order valence-electron chi connectivity index (χ1n) is 6.07. The van der Waals surface area contributed by atoms with Gasteiger partial charge in [-0.1, -0.05) is 26.2 Å². The second-order valence-electron chi connectivity index (χ2n) is 4.11. The van der Waals surface area contributed by atoms with E-state index in [1.807, 2.05) is 0 Å². The third-order valence-electron chi connectivity index (χ3n) is 2.50. The molecule has 0 saturated heterocycles. The maximum Gasteiger partial charge on any atom is 0.302 e. The van der Waals surface area contributed by atoms with Gasteiger partial charge in [0.05, 0.1) is 18.8 Å². The minimum atomic E-state index is -0.701. The minimum absolute atomic E-state index is 0.307. The molecule has 0 aliphatic rings. The number of esters is 1. The van der Waals surface area contributed by atoms with Crippen LogP contribution in [0, 0.1) is 0 Å². The van der Waals surface area contributed by atoms with Crippen LogP contribution < -0.4 is 0 Å². The van der Waals surface area contributed by atoms with E-state index in [1.54, 1.807) is 0 Å². The molecule has 0 aromatic rings. The van der Waals surface area contributed by atoms with Gasteiger partial charge >= 0.3 is 5.97 Å². The molecule has 2 unspecified atom stereocenters. The largest absolute Gasteiger partial charge is 0.466 e. The quantitative estimate of drug-likeness (QED) is 0.468. The van der Waals surface area contributed by atoms with Crippen molar-refractivity contribution in [2.45, 2.75) is 64.6 Å². The highest BCUT2D eigenvalue weighted by Crippen LogP contribution is 2.10. The van der Waals surface area contributed by atoms with Crippen molar-refractivity contribution in [2.24, 2.45) is 0 Å². The predicted octanol–water partition coefficient (Wildman–Crippen LogP) is 1.63. The molecule has 0 aromatic carbocycles. The third kappa shape index (κ3) is 8.68. The van der Waals surface area contributed by atoms with Crippen LogP contribution in [0.15, 0.2) is 0 Å². The van der Waals surface area contributed by atoms with Crippen LogP contribution in [-0.4, -0.2) is 35.0 Å². The molecular formula is C12H24O4. The van der Waals surface area contributed by atoms with Gasteiger partial charge in [0.15, 0.2) is 0 Å². The van der Waals surface area contributed by atoms with Crippen LogP contribution in [0.4, 0.5) is 0 Å². The summed E-state index contributed by atoms with van der Waals surface area (Å²) in [6, 6.07) is 0. The number of aliphatic hydroxyl groups excluding tert-OH is 2. The van der Waals surface area contributed by atoms with Gasteiger partial charge in [-0.05, 0) is 19.3 Å². The fourth-order valence-corrected chi connectivity index (χ4v) is 1.50. The van der Waals surface area contributed by atoms with Crippen LogP contribution in [0.5, 0.6) is 0 Å². The zero-order valence-electron chi connectivity index (χ0n) is 10.3. The lowest BCUT2D eigenvalue weighted by molar-refractivity contribution is -0.141. The average Bonchev–Trinajstić information content (AvgIpc) is 2.24. The van der Waals surface area contributed by atoms with Crippen LogP contribution in [0.2, 0.25) is 0 Å². The Morgan fingerprint density at radius 2 is 1.69 bits per heavy atom. The first-order valence-corrected chi connectivity index (χ1v) is 6.07. The SMILES string of the molecule is CCCCCC(O)C(O)CCCOC(C)=O. The van der Waals surface area contributed by atoms with Crippen LogP contribution in [0.25, 0.3) is 0 Å². The van der Waals surface area contributed by atoms with E-state index in [0.717, 1.165) is 19.3 Å². The average molecular weight is 232 g/mol. The van der Waals surface area contributed by atoms with Crippen LogP contribution >= 0.6 is 0 Å². The minimum Gasteiger partial charge on any atom is -0.466 e. The van der Waals surface area contributed by atoms with E-state index in [1.165, 1.54) is 6.92 Å². The van der Waals surface area contributed by atoms with Crippen LogP contribution in [0.3, 0.4) is 0 Å². The molecule has 0 rings (SSSR count). The van der Waals surface area contributed by atoms with Crippen molar-refractivity contribution >= 4 is 5.97 Å². The molecule has 0 fully saturated rings. The smallest absolute Gasteiger partial charge is 0.302 e. The number of rotatable bonds is 9. The Hall–Kier alpha value is -0.610. The Labute approximate surface area is 97.6 Å². The summed E-state index contributed by atoms with van der Waals surface area (Å²) in [5.41, 5.74) is 0. The maximum absolute atomic E-state index is 10.5. The molecule has 16 heavy (non-hydrogen) atoms. The Morgan fingerprint density at radius 3 is 2.19 bits per heavy atom. The van der Waals surface area contributed by atoms with Crippen molar-refractivity contribution in [1.82, 2.24) is 0 Å². The molecular weight excluding hydrogens is 208 g/mol. The molecule has 0 aliphatic heterocycles. The summed E-state index contributed by atoms with van der Waals surface area (Å²) in [5.74, 6) is -0.307. The molecule has 0 heterocycles. The number of carbonyl (C=O) groups is 1. The van der Waals surface area contributed by atoms with Crippen molar-refractivity contribution in [2.75, 3.05) is 6.61 Å². The summed E-state index contributed by atoms with van der Waals surface area (Å²) < 4.78 is 4.74. The summed E-state index contributed by atoms with van der Waals surface area (Å²) >= 11 is 0. The van der Waals surface area contributed by atoms with Gasteiger partial charge in [-0.15, -0.1) is 0 Å². The molecule has 4 heteroatoms. The van der Waals surface area contributed by atoms with Crippen molar-refractivity contribution in [1.29, 1.82) is 0 Å². The Morgan fingerprint density at radius 1 is 1.12 bits per heavy atom. The van der Waals surface area contributed by atoms with E-state index in [2.05, 4.69) is 6.92 Å². The van der Waals surface area contributed by atoms with Gasteiger partial charge in [-0.25, -0.2) is 0 Å². The molecule has 4 nitrogen and oxygen atoms in total. The molecule has 0 spiro atoms. The molecule has 2 N–H and O–H groups in total. The molecule has 0 bridgehead atoms. The molecule has 0 amide bonds. The van der Waals surface area contributed by atoms with Crippen molar-refractivity contribution < 1.29 is 19.7 Å². The highest BCUT2D eigenvalue weighted by atomic mass is 16.5. The van der Waals surface area contributed by atoms with Gasteiger partial charge < -0.3 is 14.9 Å². The lowest BCUT2D eigenvalue weighted by Gasteiger charge is -2.17. The second kappa shape index (κ2) is 9.60. The monoisotopic (exact) mass is 232 g/mol. The van der Waals surface area contributed by atoms with Crippen molar-refractivity contribution in [3.05, 3.63) is 0 Å². The highest BCUT2D eigenvalue weighted by molar-refractivity contribution is 5.65. The number of hydrogen-bond acceptors (Lipinski definition) is 4. The normalized spacial score (nSPS) is 14.5. The van der Waals surface area contributed by atoms with Gasteiger partial charge in [-0.3, -0.25) is 4.79 Å². The zero-order chi connectivity index (χ0) is 12.4. The summed E-state index contributed by atoms with van der Waals surface area (Å²) in [5, 5.41) is 19.2. The number of unbranched alkanes of at least 4 members (excludes halogenated alkanes) is 2. The van der Waals surface area contributed by atoms with E-state index in [-0.39, 0.29) is 5.97 Å². The summed E-state index contributed by atoms with van der Waals surface area (Å²) in [6.07, 6.45) is 3.48. The van der Waals surface area contributed by atoms with Crippen molar-refractivity contribution in [3.63, 3.8) is 0 Å². The van der Waals surface area contributed by atoms with Gasteiger partial charge in [0.2, 0.25) is 0 Å². The van der Waals surface area contributed by atoms with Gasteiger partial charge in [0.25, 0.3) is 0 Å². The lowest BCUT2D eigenvalue weighted by Crippen LogP contribution is -2.26. The van der Waals surface area contributed by atoms with Gasteiger partial charge in [0.1, 0.15) is 0 Å². The fraction of sp³-hybridized carbons (Fsp3) is 0.917. The maximum atomic E-state index is 10.5. The molecule has 0 aromatic heterocycles. The summed E-state index contributed by atoms with van der Waals surface area (Å²) in [4.78, 5) is 10.5. The first-order chi connectivity index (χ1) is 7.57. The van der Waals surface area contributed by atoms with Crippen LogP contribution in [-0.2, 0) is 9.53 Å². The topological polar surface area (TPSA) is 66.8 Å². The summed E-state index contributed by atoms with van der Waals surface area (Å²) in [7, 11) is 0. The standard InChI is InChI=1S/C12H24O4/c1-3-4-5-7-11(14)12(15)8-6-9-16-10(2)13/h11-12,14-15H,3-9H2,1-2H3. The van der Waals surface area contributed by atoms with Crippen LogP contribution in [0.1, 0.15) is 52.4 Å². The first kappa shape index (κ1) is 15.4. The third-order valence-corrected chi connectivity index (χ3v) is 2.50. The van der Waals surface area contributed by atoms with E-state index < -0.39 is 12.2 Å². The zero-order valence-corrected chi connectivity index (χ0v) is 10.3. The Balaban J connectivity index is 3.46. The van der Waals surface area contributed by atoms with Gasteiger partial charge in [0, 0.05) is 6.92 Å². The van der Waals surface area contributed by atoms with E-state index >= 15 is 0 Å². The predicted molar refractivity (Wildman–Crippen MR) is 62.0 cm³/mol. The lowest BCUT2D eigenvalue weighted by atomic mass is 10.0. The van der Waals surface area contributed by atoms with E-state index in [4.69, 9.17) is 4.74 Å². The van der Waals surface area contributed by atoms with Crippen molar-refractivity contribution in [3.8, 4) is 0 Å². The Kier molecular flexibility index (Phi) is 9.24.